The molecule has 88 valence electrons. The van der Waals surface area contributed by atoms with E-state index in [2.05, 4.69) is 31.3 Å². The number of hydrogen-bond acceptors (Lipinski definition) is 5. The predicted octanol–water partition coefficient (Wildman–Crippen LogP) is 2.63. The van der Waals surface area contributed by atoms with Gasteiger partial charge in [0, 0.05) is 11.8 Å². The van der Waals surface area contributed by atoms with Crippen molar-refractivity contribution in [2.45, 2.75) is 6.92 Å². The third-order valence-electron chi connectivity index (χ3n) is 2.10. The van der Waals surface area contributed by atoms with Crippen LogP contribution in [0.5, 0.6) is 11.6 Å². The van der Waals surface area contributed by atoms with Gasteiger partial charge in [0.05, 0.1) is 4.47 Å². The van der Waals surface area contributed by atoms with Crippen LogP contribution in [0.2, 0.25) is 0 Å². The van der Waals surface area contributed by atoms with Gasteiger partial charge in [0.1, 0.15) is 5.75 Å². The van der Waals surface area contributed by atoms with Crippen LogP contribution >= 0.6 is 15.9 Å². The van der Waals surface area contributed by atoms with Crippen molar-refractivity contribution < 1.29 is 4.74 Å². The fourth-order valence-corrected chi connectivity index (χ4v) is 1.60. The van der Waals surface area contributed by atoms with Crippen molar-refractivity contribution in [3.05, 3.63) is 40.5 Å². The molecule has 1 heterocycles. The summed E-state index contributed by atoms with van der Waals surface area (Å²) in [6, 6.07) is 7.55. The molecular weight excluding hydrogens is 284 g/mol. The highest BCUT2D eigenvalue weighted by atomic mass is 79.9. The number of anilines is 1. The Morgan fingerprint density at radius 1 is 1.35 bits per heavy atom. The normalized spacial score (nSPS) is 10.1. The lowest BCUT2D eigenvalue weighted by atomic mass is 10.3. The Morgan fingerprint density at radius 2 is 2.12 bits per heavy atom. The number of nitrogens with two attached hydrogens (primary N) is 1. The van der Waals surface area contributed by atoms with Gasteiger partial charge in [-0.1, -0.05) is 12.1 Å². The Bertz CT molecular complexity index is 533. The number of nitrogen functional groups attached to an aromatic ring is 1. The molecule has 2 rings (SSSR count). The number of para-hydroxylation sites is 1. The molecule has 0 saturated heterocycles. The summed E-state index contributed by atoms with van der Waals surface area (Å²) < 4.78 is 6.55. The van der Waals surface area contributed by atoms with E-state index in [1.165, 1.54) is 0 Å². The zero-order valence-electron chi connectivity index (χ0n) is 9.14. The summed E-state index contributed by atoms with van der Waals surface area (Å²) in [5, 5.41) is 0. The Balaban J connectivity index is 2.32. The number of hydrazine groups is 1. The van der Waals surface area contributed by atoms with Gasteiger partial charge in [-0.2, -0.15) is 4.98 Å². The number of halogens is 1. The van der Waals surface area contributed by atoms with E-state index in [0.717, 1.165) is 10.0 Å². The van der Waals surface area contributed by atoms with Gasteiger partial charge in [-0.25, -0.2) is 10.8 Å². The molecule has 0 spiro atoms. The quantitative estimate of drug-likeness (QED) is 0.672. The van der Waals surface area contributed by atoms with Crippen LogP contribution in [0, 0.1) is 6.92 Å². The molecule has 0 aliphatic rings. The Morgan fingerprint density at radius 3 is 2.82 bits per heavy atom. The largest absolute Gasteiger partial charge is 0.437 e. The lowest BCUT2D eigenvalue weighted by Crippen LogP contribution is -2.11. The highest BCUT2D eigenvalue weighted by molar-refractivity contribution is 9.10. The van der Waals surface area contributed by atoms with Crippen LogP contribution in [0.15, 0.2) is 34.9 Å². The van der Waals surface area contributed by atoms with Crippen molar-refractivity contribution in [2.24, 2.45) is 5.84 Å². The zero-order chi connectivity index (χ0) is 12.3. The third kappa shape index (κ3) is 2.72. The van der Waals surface area contributed by atoms with E-state index >= 15 is 0 Å². The van der Waals surface area contributed by atoms with E-state index in [9.17, 15) is 0 Å². The minimum atomic E-state index is 0.317. The number of rotatable bonds is 3. The molecule has 2 aromatic rings. The molecule has 0 fully saturated rings. The summed E-state index contributed by atoms with van der Waals surface area (Å²) in [7, 11) is 0. The highest BCUT2D eigenvalue weighted by Crippen LogP contribution is 2.29. The van der Waals surface area contributed by atoms with Gasteiger partial charge < -0.3 is 4.74 Å². The van der Waals surface area contributed by atoms with E-state index in [0.29, 0.717) is 17.6 Å². The van der Waals surface area contributed by atoms with Crippen LogP contribution in [0.3, 0.4) is 0 Å². The van der Waals surface area contributed by atoms with Crippen LogP contribution < -0.4 is 16.0 Å². The average molecular weight is 295 g/mol. The zero-order valence-corrected chi connectivity index (χ0v) is 10.7. The molecule has 1 aromatic carbocycles. The summed E-state index contributed by atoms with van der Waals surface area (Å²) >= 11 is 3.41. The molecule has 0 amide bonds. The first kappa shape index (κ1) is 11.8. The minimum Gasteiger partial charge on any atom is -0.437 e. The van der Waals surface area contributed by atoms with Crippen LogP contribution in [-0.4, -0.2) is 9.97 Å². The number of ether oxygens (including phenoxy) is 1. The fraction of sp³-hybridized carbons (Fsp3) is 0.0909. The van der Waals surface area contributed by atoms with Gasteiger partial charge in [0.15, 0.2) is 0 Å². The molecule has 6 heteroatoms. The number of nitrogens with one attached hydrogen (secondary N) is 1. The smallest absolute Gasteiger partial charge is 0.240 e. The first-order chi connectivity index (χ1) is 8.20. The second kappa shape index (κ2) is 5.11. The first-order valence-electron chi connectivity index (χ1n) is 4.93. The molecule has 17 heavy (non-hydrogen) atoms. The molecule has 0 bridgehead atoms. The molecule has 1 aromatic heterocycles. The topological polar surface area (TPSA) is 73.1 Å². The lowest BCUT2D eigenvalue weighted by molar-refractivity contribution is 0.455. The predicted molar refractivity (Wildman–Crippen MR) is 68.8 cm³/mol. The third-order valence-corrected chi connectivity index (χ3v) is 2.75. The summed E-state index contributed by atoms with van der Waals surface area (Å²) in [6.45, 7) is 1.87. The van der Waals surface area contributed by atoms with Crippen molar-refractivity contribution in [1.29, 1.82) is 0 Å². The van der Waals surface area contributed by atoms with Crippen LogP contribution in [0.4, 0.5) is 5.95 Å². The van der Waals surface area contributed by atoms with E-state index in [1.54, 1.807) is 6.20 Å². The SMILES string of the molecule is Cc1cnc(NN)nc1Oc1ccccc1Br. The van der Waals surface area contributed by atoms with Crippen molar-refractivity contribution >= 4 is 21.9 Å². The Hall–Kier alpha value is -1.66. The van der Waals surface area contributed by atoms with Crippen molar-refractivity contribution in [3.63, 3.8) is 0 Å². The van der Waals surface area contributed by atoms with Crippen LogP contribution in [0.1, 0.15) is 5.56 Å². The maximum absolute atomic E-state index is 5.69. The average Bonchev–Trinajstić information content (AvgIpc) is 2.35. The van der Waals surface area contributed by atoms with Gasteiger partial charge in [-0.05, 0) is 35.0 Å². The number of hydrogen-bond donors (Lipinski definition) is 2. The molecule has 0 unspecified atom stereocenters. The highest BCUT2D eigenvalue weighted by Gasteiger charge is 2.07. The number of benzene rings is 1. The number of nitrogens with zero attached hydrogens (tertiary/aromatic N) is 2. The maximum atomic E-state index is 5.69. The second-order valence-electron chi connectivity index (χ2n) is 3.36. The molecule has 3 N–H and O–H groups in total. The van der Waals surface area contributed by atoms with Crippen LogP contribution in [-0.2, 0) is 0 Å². The molecule has 0 aliphatic heterocycles. The number of aryl methyl sites for hydroxylation is 1. The minimum absolute atomic E-state index is 0.317. The standard InChI is InChI=1S/C11H11BrN4O/c1-7-6-14-11(16-13)15-10(7)17-9-5-3-2-4-8(9)12/h2-6H,13H2,1H3,(H,14,15,16). The molecular formula is C11H11BrN4O. The Labute approximate surface area is 107 Å². The van der Waals surface area contributed by atoms with Crippen molar-refractivity contribution in [1.82, 2.24) is 9.97 Å². The number of aromatic nitrogens is 2. The summed E-state index contributed by atoms with van der Waals surface area (Å²) in [4.78, 5) is 8.12. The van der Waals surface area contributed by atoms with Gasteiger partial charge in [0.25, 0.3) is 0 Å². The van der Waals surface area contributed by atoms with E-state index in [4.69, 9.17) is 10.6 Å². The fourth-order valence-electron chi connectivity index (χ4n) is 1.23. The van der Waals surface area contributed by atoms with Crippen molar-refractivity contribution in [2.75, 3.05) is 5.43 Å². The van der Waals surface area contributed by atoms with Crippen LogP contribution in [0.25, 0.3) is 0 Å². The molecule has 0 aliphatic carbocycles. The van der Waals surface area contributed by atoms with Crippen molar-refractivity contribution in [3.8, 4) is 11.6 Å². The molecule has 0 radical (unpaired) electrons. The van der Waals surface area contributed by atoms with Gasteiger partial charge in [-0.3, -0.25) is 5.43 Å². The van der Waals surface area contributed by atoms with E-state index < -0.39 is 0 Å². The summed E-state index contributed by atoms with van der Waals surface area (Å²) in [6.07, 6.45) is 1.65. The van der Waals surface area contributed by atoms with Gasteiger partial charge in [-0.15, -0.1) is 0 Å². The lowest BCUT2D eigenvalue weighted by Gasteiger charge is -2.09. The summed E-state index contributed by atoms with van der Waals surface area (Å²) in [5.74, 6) is 6.73. The monoisotopic (exact) mass is 294 g/mol. The molecule has 0 atom stereocenters. The first-order valence-corrected chi connectivity index (χ1v) is 5.72. The van der Waals surface area contributed by atoms with Gasteiger partial charge >= 0.3 is 0 Å². The van der Waals surface area contributed by atoms with Gasteiger partial charge in [0.2, 0.25) is 11.8 Å². The summed E-state index contributed by atoms with van der Waals surface area (Å²) in [5.41, 5.74) is 3.21. The maximum Gasteiger partial charge on any atom is 0.240 e. The van der Waals surface area contributed by atoms with E-state index in [-0.39, 0.29) is 0 Å². The Kier molecular flexibility index (Phi) is 3.55. The van der Waals surface area contributed by atoms with E-state index in [1.807, 2.05) is 31.2 Å². The molecule has 0 saturated carbocycles. The second-order valence-corrected chi connectivity index (χ2v) is 4.21. The molecule has 5 nitrogen and oxygen atoms in total.